The first-order valence-corrected chi connectivity index (χ1v) is 6.81. The van der Waals surface area contributed by atoms with Crippen LogP contribution in [0, 0.1) is 0 Å². The number of nitrogens with one attached hydrogen (secondary N) is 1. The molecule has 1 amide bonds. The highest BCUT2D eigenvalue weighted by molar-refractivity contribution is 5.94. The van der Waals surface area contributed by atoms with Crippen LogP contribution < -0.4 is 10.1 Å². The molecule has 0 spiro atoms. The molecule has 2 heterocycles. The summed E-state index contributed by atoms with van der Waals surface area (Å²) >= 11 is 0. The van der Waals surface area contributed by atoms with Crippen molar-refractivity contribution in [2.24, 2.45) is 0 Å². The first-order chi connectivity index (χ1) is 10.8. The fourth-order valence-corrected chi connectivity index (χ4v) is 1.91. The summed E-state index contributed by atoms with van der Waals surface area (Å²) < 4.78 is 10.8. The summed E-state index contributed by atoms with van der Waals surface area (Å²) in [6, 6.07) is 15.9. The number of ether oxygens (including phenoxy) is 1. The third kappa shape index (κ3) is 3.52. The molecule has 0 atom stereocenters. The van der Waals surface area contributed by atoms with Gasteiger partial charge in [-0.05, 0) is 36.4 Å². The van der Waals surface area contributed by atoms with Gasteiger partial charge in [0.1, 0.15) is 11.5 Å². The van der Waals surface area contributed by atoms with Gasteiger partial charge < -0.3 is 14.5 Å². The molecule has 22 heavy (non-hydrogen) atoms. The van der Waals surface area contributed by atoms with Gasteiger partial charge in [-0.15, -0.1) is 0 Å². The molecule has 0 unspecified atom stereocenters. The zero-order chi connectivity index (χ0) is 15.2. The van der Waals surface area contributed by atoms with Gasteiger partial charge in [0, 0.05) is 17.8 Å². The number of benzene rings is 1. The number of aromatic nitrogens is 1. The predicted octanol–water partition coefficient (Wildman–Crippen LogP) is 3.40. The topological polar surface area (TPSA) is 64.4 Å². The van der Waals surface area contributed by atoms with Crippen molar-refractivity contribution in [2.75, 3.05) is 0 Å². The van der Waals surface area contributed by atoms with Crippen LogP contribution in [0.15, 0.2) is 71.5 Å². The van der Waals surface area contributed by atoms with Crippen LogP contribution in [0.5, 0.6) is 11.6 Å². The van der Waals surface area contributed by atoms with Gasteiger partial charge in [-0.1, -0.05) is 12.1 Å². The Morgan fingerprint density at radius 2 is 2.09 bits per heavy atom. The Morgan fingerprint density at radius 1 is 1.14 bits per heavy atom. The van der Waals surface area contributed by atoms with Gasteiger partial charge in [0.25, 0.3) is 5.91 Å². The molecule has 0 fully saturated rings. The van der Waals surface area contributed by atoms with E-state index < -0.39 is 0 Å². The third-order valence-electron chi connectivity index (χ3n) is 2.96. The van der Waals surface area contributed by atoms with Crippen molar-refractivity contribution < 1.29 is 13.9 Å². The molecule has 5 heteroatoms. The summed E-state index contributed by atoms with van der Waals surface area (Å²) in [4.78, 5) is 16.2. The van der Waals surface area contributed by atoms with Crippen molar-refractivity contribution in [1.82, 2.24) is 10.3 Å². The smallest absolute Gasteiger partial charge is 0.251 e. The third-order valence-corrected chi connectivity index (χ3v) is 2.96. The summed E-state index contributed by atoms with van der Waals surface area (Å²) in [5.41, 5.74) is 0.514. The zero-order valence-corrected chi connectivity index (χ0v) is 11.7. The lowest BCUT2D eigenvalue weighted by molar-refractivity contribution is 0.0947. The average molecular weight is 294 g/mol. The van der Waals surface area contributed by atoms with E-state index in [-0.39, 0.29) is 5.91 Å². The van der Waals surface area contributed by atoms with Gasteiger partial charge in [-0.25, -0.2) is 4.98 Å². The van der Waals surface area contributed by atoms with Crippen molar-refractivity contribution in [3.63, 3.8) is 0 Å². The SMILES string of the molecule is O=C(NCc1ccco1)c1cccc(Oc2ccccn2)c1. The molecular weight excluding hydrogens is 280 g/mol. The van der Waals surface area contributed by atoms with Gasteiger partial charge in [0.15, 0.2) is 0 Å². The summed E-state index contributed by atoms with van der Waals surface area (Å²) in [6.07, 6.45) is 3.22. The van der Waals surface area contributed by atoms with Crippen LogP contribution in [0.25, 0.3) is 0 Å². The Balaban J connectivity index is 1.66. The number of carbonyl (C=O) groups is 1. The minimum atomic E-state index is -0.192. The van der Waals surface area contributed by atoms with Crippen LogP contribution in [0.1, 0.15) is 16.1 Å². The van der Waals surface area contributed by atoms with E-state index in [0.717, 1.165) is 0 Å². The molecular formula is C17H14N2O3. The van der Waals surface area contributed by atoms with E-state index >= 15 is 0 Å². The standard InChI is InChI=1S/C17H14N2O3/c20-17(19-12-15-7-4-10-21-15)13-5-3-6-14(11-13)22-16-8-1-2-9-18-16/h1-11H,12H2,(H,19,20). The summed E-state index contributed by atoms with van der Waals surface area (Å²) in [5, 5.41) is 2.79. The van der Waals surface area contributed by atoms with E-state index in [0.29, 0.717) is 29.5 Å². The molecule has 1 aromatic carbocycles. The van der Waals surface area contributed by atoms with Crippen molar-refractivity contribution in [3.05, 3.63) is 78.4 Å². The van der Waals surface area contributed by atoms with Gasteiger partial charge in [-0.2, -0.15) is 0 Å². The number of pyridine rings is 1. The molecule has 0 aliphatic rings. The fraction of sp³-hybridized carbons (Fsp3) is 0.0588. The molecule has 1 N–H and O–H groups in total. The number of amides is 1. The van der Waals surface area contributed by atoms with Gasteiger partial charge in [0.2, 0.25) is 5.88 Å². The highest BCUT2D eigenvalue weighted by atomic mass is 16.5. The van der Waals surface area contributed by atoms with Crippen molar-refractivity contribution >= 4 is 5.91 Å². The number of carbonyl (C=O) groups excluding carboxylic acids is 1. The Hall–Kier alpha value is -3.08. The van der Waals surface area contributed by atoms with Crippen LogP contribution in [0.4, 0.5) is 0 Å². The van der Waals surface area contributed by atoms with E-state index in [1.807, 2.05) is 12.1 Å². The van der Waals surface area contributed by atoms with E-state index in [4.69, 9.17) is 9.15 Å². The van der Waals surface area contributed by atoms with E-state index in [2.05, 4.69) is 10.3 Å². The summed E-state index contributed by atoms with van der Waals surface area (Å²) in [5.74, 6) is 1.55. The van der Waals surface area contributed by atoms with E-state index in [1.165, 1.54) is 0 Å². The molecule has 0 saturated carbocycles. The molecule has 2 aromatic heterocycles. The van der Waals surface area contributed by atoms with Crippen LogP contribution >= 0.6 is 0 Å². The van der Waals surface area contributed by atoms with Crippen LogP contribution in [-0.2, 0) is 6.54 Å². The van der Waals surface area contributed by atoms with Gasteiger partial charge >= 0.3 is 0 Å². The quantitative estimate of drug-likeness (QED) is 0.783. The fourth-order valence-electron chi connectivity index (χ4n) is 1.91. The lowest BCUT2D eigenvalue weighted by atomic mass is 10.2. The minimum absolute atomic E-state index is 0.192. The Labute approximate surface area is 127 Å². The highest BCUT2D eigenvalue weighted by Crippen LogP contribution is 2.20. The van der Waals surface area contributed by atoms with Crippen LogP contribution in [0.2, 0.25) is 0 Å². The number of rotatable bonds is 5. The predicted molar refractivity (Wildman–Crippen MR) is 80.6 cm³/mol. The van der Waals surface area contributed by atoms with Crippen molar-refractivity contribution in [2.45, 2.75) is 6.54 Å². The van der Waals surface area contributed by atoms with Crippen LogP contribution in [0.3, 0.4) is 0 Å². The van der Waals surface area contributed by atoms with Gasteiger partial charge in [0.05, 0.1) is 12.8 Å². The maximum Gasteiger partial charge on any atom is 0.251 e. The first kappa shape index (κ1) is 13.9. The second kappa shape index (κ2) is 6.58. The number of hydrogen-bond acceptors (Lipinski definition) is 4. The monoisotopic (exact) mass is 294 g/mol. The molecule has 110 valence electrons. The molecule has 0 radical (unpaired) electrons. The number of furan rings is 1. The summed E-state index contributed by atoms with van der Waals surface area (Å²) in [7, 11) is 0. The molecule has 3 aromatic rings. The lowest BCUT2D eigenvalue weighted by Gasteiger charge is -2.07. The number of nitrogens with zero attached hydrogens (tertiary/aromatic N) is 1. The highest BCUT2D eigenvalue weighted by Gasteiger charge is 2.08. The Kier molecular flexibility index (Phi) is 4.15. The average Bonchev–Trinajstić information content (AvgIpc) is 3.07. The molecule has 0 saturated heterocycles. The Bertz CT molecular complexity index is 740. The minimum Gasteiger partial charge on any atom is -0.467 e. The van der Waals surface area contributed by atoms with Crippen LogP contribution in [-0.4, -0.2) is 10.9 Å². The number of hydrogen-bond donors (Lipinski definition) is 1. The maximum absolute atomic E-state index is 12.1. The molecule has 0 bridgehead atoms. The zero-order valence-electron chi connectivity index (χ0n) is 11.7. The molecule has 0 aliphatic carbocycles. The molecule has 5 nitrogen and oxygen atoms in total. The van der Waals surface area contributed by atoms with E-state index in [1.54, 1.807) is 54.9 Å². The lowest BCUT2D eigenvalue weighted by Crippen LogP contribution is -2.22. The maximum atomic E-state index is 12.1. The first-order valence-electron chi connectivity index (χ1n) is 6.81. The molecule has 0 aliphatic heterocycles. The van der Waals surface area contributed by atoms with E-state index in [9.17, 15) is 4.79 Å². The largest absolute Gasteiger partial charge is 0.467 e. The second-order valence-corrected chi connectivity index (χ2v) is 4.56. The second-order valence-electron chi connectivity index (χ2n) is 4.56. The normalized spacial score (nSPS) is 10.2. The summed E-state index contributed by atoms with van der Waals surface area (Å²) in [6.45, 7) is 0.344. The Morgan fingerprint density at radius 3 is 2.86 bits per heavy atom. The van der Waals surface area contributed by atoms with Crippen molar-refractivity contribution in [1.29, 1.82) is 0 Å². The van der Waals surface area contributed by atoms with Gasteiger partial charge in [-0.3, -0.25) is 4.79 Å². The van der Waals surface area contributed by atoms with Crippen molar-refractivity contribution in [3.8, 4) is 11.6 Å². The molecule has 3 rings (SSSR count).